The van der Waals surface area contributed by atoms with Gasteiger partial charge in [0, 0.05) is 11.3 Å². The third-order valence-corrected chi connectivity index (χ3v) is 5.04. The lowest BCUT2D eigenvalue weighted by Gasteiger charge is -2.10. The molecule has 0 saturated carbocycles. The largest absolute Gasteiger partial charge is 0.488 e. The van der Waals surface area contributed by atoms with Crippen LogP contribution in [0, 0.1) is 17.1 Å². The standard InChI is InChI=1S/C24H15BrF4N2O2/c25-20-11-15(8-9-22(20)33-14-16-4-1-2-7-21(16)26)10-17(13-30)23(32)31-19-6-3-5-18(12-19)24(27,28)29/h1-12H,14H2,(H,31,32)/b17-10+. The number of nitrogens with one attached hydrogen (secondary N) is 1. The first-order valence-electron chi connectivity index (χ1n) is 9.43. The Kier molecular flexibility index (Phi) is 7.51. The minimum absolute atomic E-state index is 0.00327. The molecule has 0 bridgehead atoms. The summed E-state index contributed by atoms with van der Waals surface area (Å²) in [5, 5.41) is 11.6. The molecular weight excluding hydrogens is 504 g/mol. The Morgan fingerprint density at radius 1 is 1.09 bits per heavy atom. The molecule has 0 aliphatic rings. The molecule has 0 aliphatic heterocycles. The highest BCUT2D eigenvalue weighted by Gasteiger charge is 2.30. The first kappa shape index (κ1) is 24.0. The summed E-state index contributed by atoms with van der Waals surface area (Å²) in [6.45, 7) is 0.00327. The molecule has 0 aromatic heterocycles. The minimum atomic E-state index is -4.56. The lowest BCUT2D eigenvalue weighted by atomic mass is 10.1. The van der Waals surface area contributed by atoms with Gasteiger partial charge in [-0.15, -0.1) is 0 Å². The van der Waals surface area contributed by atoms with E-state index in [9.17, 15) is 27.6 Å². The van der Waals surface area contributed by atoms with E-state index in [-0.39, 0.29) is 17.9 Å². The van der Waals surface area contributed by atoms with E-state index in [1.54, 1.807) is 42.5 Å². The number of carbonyl (C=O) groups excluding carboxylic acids is 1. The average Bonchev–Trinajstić information content (AvgIpc) is 2.77. The van der Waals surface area contributed by atoms with Crippen molar-refractivity contribution in [1.29, 1.82) is 5.26 Å². The second kappa shape index (κ2) is 10.3. The van der Waals surface area contributed by atoms with Crippen molar-refractivity contribution in [3.63, 3.8) is 0 Å². The van der Waals surface area contributed by atoms with Crippen LogP contribution in [0.3, 0.4) is 0 Å². The van der Waals surface area contributed by atoms with Gasteiger partial charge in [-0.05, 0) is 64.0 Å². The number of halogens is 5. The van der Waals surface area contributed by atoms with E-state index >= 15 is 0 Å². The molecule has 0 saturated heterocycles. The number of rotatable bonds is 6. The van der Waals surface area contributed by atoms with Crippen molar-refractivity contribution >= 4 is 33.6 Å². The molecule has 168 valence electrons. The predicted molar refractivity (Wildman–Crippen MR) is 119 cm³/mol. The summed E-state index contributed by atoms with van der Waals surface area (Å²) < 4.78 is 58.4. The van der Waals surface area contributed by atoms with Crippen molar-refractivity contribution in [3.8, 4) is 11.8 Å². The molecule has 3 rings (SSSR count). The van der Waals surface area contributed by atoms with Crippen LogP contribution in [0.2, 0.25) is 0 Å². The molecule has 0 atom stereocenters. The Morgan fingerprint density at radius 2 is 1.85 bits per heavy atom. The van der Waals surface area contributed by atoms with Gasteiger partial charge in [-0.1, -0.05) is 30.3 Å². The number of ether oxygens (including phenoxy) is 1. The normalized spacial score (nSPS) is 11.6. The number of alkyl halides is 3. The summed E-state index contributed by atoms with van der Waals surface area (Å²) in [5.74, 6) is -0.825. The van der Waals surface area contributed by atoms with Crippen molar-refractivity contribution in [2.45, 2.75) is 12.8 Å². The van der Waals surface area contributed by atoms with E-state index < -0.39 is 23.5 Å². The van der Waals surface area contributed by atoms with Gasteiger partial charge in [-0.3, -0.25) is 4.79 Å². The van der Waals surface area contributed by atoms with E-state index in [1.165, 1.54) is 18.2 Å². The van der Waals surface area contributed by atoms with Gasteiger partial charge >= 0.3 is 6.18 Å². The Bertz CT molecular complexity index is 1250. The number of nitriles is 1. The fraction of sp³-hybridized carbons (Fsp3) is 0.0833. The Balaban J connectivity index is 1.73. The summed E-state index contributed by atoms with van der Waals surface area (Å²) in [6, 6.07) is 16.8. The molecule has 1 N–H and O–H groups in total. The van der Waals surface area contributed by atoms with Gasteiger partial charge in [0.1, 0.15) is 29.8 Å². The highest BCUT2D eigenvalue weighted by atomic mass is 79.9. The van der Waals surface area contributed by atoms with E-state index in [0.717, 1.165) is 18.2 Å². The van der Waals surface area contributed by atoms with Crippen LogP contribution in [0.4, 0.5) is 23.2 Å². The number of amides is 1. The van der Waals surface area contributed by atoms with Crippen molar-refractivity contribution < 1.29 is 27.1 Å². The second-order valence-corrected chi connectivity index (χ2v) is 7.63. The fourth-order valence-corrected chi connectivity index (χ4v) is 3.29. The Morgan fingerprint density at radius 3 is 2.52 bits per heavy atom. The molecule has 0 unspecified atom stereocenters. The van der Waals surface area contributed by atoms with Gasteiger partial charge in [-0.2, -0.15) is 18.4 Å². The summed E-state index contributed by atoms with van der Waals surface area (Å²) >= 11 is 3.33. The van der Waals surface area contributed by atoms with Crippen LogP contribution in [-0.4, -0.2) is 5.91 Å². The molecule has 0 aliphatic carbocycles. The van der Waals surface area contributed by atoms with Crippen molar-refractivity contribution in [2.24, 2.45) is 0 Å². The molecule has 4 nitrogen and oxygen atoms in total. The maximum atomic E-state index is 13.7. The minimum Gasteiger partial charge on any atom is -0.488 e. The van der Waals surface area contributed by atoms with Crippen LogP contribution in [0.5, 0.6) is 5.75 Å². The third kappa shape index (κ3) is 6.43. The van der Waals surface area contributed by atoms with Gasteiger partial charge in [0.2, 0.25) is 0 Å². The molecule has 9 heteroatoms. The molecule has 33 heavy (non-hydrogen) atoms. The van der Waals surface area contributed by atoms with Crippen LogP contribution in [0.15, 0.2) is 76.8 Å². The van der Waals surface area contributed by atoms with Crippen LogP contribution in [0.1, 0.15) is 16.7 Å². The highest BCUT2D eigenvalue weighted by Crippen LogP contribution is 2.31. The number of carbonyl (C=O) groups is 1. The van der Waals surface area contributed by atoms with Gasteiger partial charge in [-0.25, -0.2) is 4.39 Å². The lowest BCUT2D eigenvalue weighted by Crippen LogP contribution is -2.14. The highest BCUT2D eigenvalue weighted by molar-refractivity contribution is 9.10. The van der Waals surface area contributed by atoms with Gasteiger partial charge in [0.05, 0.1) is 10.0 Å². The Labute approximate surface area is 195 Å². The smallest absolute Gasteiger partial charge is 0.416 e. The zero-order valence-corrected chi connectivity index (χ0v) is 18.4. The van der Waals surface area contributed by atoms with E-state index in [2.05, 4.69) is 21.2 Å². The maximum absolute atomic E-state index is 13.7. The first-order chi connectivity index (χ1) is 15.7. The molecule has 0 fully saturated rings. The van der Waals surface area contributed by atoms with E-state index in [0.29, 0.717) is 21.3 Å². The van der Waals surface area contributed by atoms with Crippen molar-refractivity contribution in [1.82, 2.24) is 0 Å². The van der Waals surface area contributed by atoms with Crippen molar-refractivity contribution in [2.75, 3.05) is 5.32 Å². The summed E-state index contributed by atoms with van der Waals surface area (Å²) in [7, 11) is 0. The second-order valence-electron chi connectivity index (χ2n) is 6.77. The number of hydrogen-bond donors (Lipinski definition) is 1. The van der Waals surface area contributed by atoms with Gasteiger partial charge in [0.15, 0.2) is 0 Å². The zero-order chi connectivity index (χ0) is 24.0. The van der Waals surface area contributed by atoms with Gasteiger partial charge < -0.3 is 10.1 Å². The molecule has 0 spiro atoms. The van der Waals surface area contributed by atoms with Crippen LogP contribution >= 0.6 is 15.9 Å². The quantitative estimate of drug-likeness (QED) is 0.223. The summed E-state index contributed by atoms with van der Waals surface area (Å²) in [4.78, 5) is 12.4. The number of anilines is 1. The monoisotopic (exact) mass is 518 g/mol. The molecule has 0 radical (unpaired) electrons. The van der Waals surface area contributed by atoms with E-state index in [4.69, 9.17) is 4.74 Å². The molecule has 3 aromatic carbocycles. The third-order valence-electron chi connectivity index (χ3n) is 4.42. The van der Waals surface area contributed by atoms with Crippen LogP contribution in [0.25, 0.3) is 6.08 Å². The SMILES string of the molecule is N#C/C(=C\c1ccc(OCc2ccccc2F)c(Br)c1)C(=O)Nc1cccc(C(F)(F)F)c1. The topological polar surface area (TPSA) is 62.1 Å². The van der Waals surface area contributed by atoms with Crippen molar-refractivity contribution in [3.05, 3.63) is 99.3 Å². The van der Waals surface area contributed by atoms with Crippen LogP contribution < -0.4 is 10.1 Å². The molecule has 3 aromatic rings. The molecule has 1 amide bonds. The zero-order valence-electron chi connectivity index (χ0n) is 16.8. The number of hydrogen-bond acceptors (Lipinski definition) is 3. The maximum Gasteiger partial charge on any atom is 0.416 e. The molecular formula is C24H15BrF4N2O2. The van der Waals surface area contributed by atoms with E-state index in [1.807, 2.05) is 0 Å². The van der Waals surface area contributed by atoms with Gasteiger partial charge in [0.25, 0.3) is 5.91 Å². The fourth-order valence-electron chi connectivity index (χ4n) is 2.78. The summed E-state index contributed by atoms with van der Waals surface area (Å²) in [5.41, 5.74) is -0.465. The molecule has 0 heterocycles. The number of benzene rings is 3. The Hall–Kier alpha value is -3.64. The lowest BCUT2D eigenvalue weighted by molar-refractivity contribution is -0.137. The summed E-state index contributed by atoms with van der Waals surface area (Å²) in [6.07, 6.45) is -3.27. The number of nitrogens with zero attached hydrogens (tertiary/aromatic N) is 1. The first-order valence-corrected chi connectivity index (χ1v) is 10.2. The predicted octanol–water partition coefficient (Wildman–Crippen LogP) is 6.73. The average molecular weight is 519 g/mol. The van der Waals surface area contributed by atoms with Crippen LogP contribution in [-0.2, 0) is 17.6 Å².